The predicted octanol–water partition coefficient (Wildman–Crippen LogP) is 2.64. The summed E-state index contributed by atoms with van der Waals surface area (Å²) in [5, 5.41) is 13.6. The van der Waals surface area contributed by atoms with Crippen molar-refractivity contribution in [3.05, 3.63) is 53.6 Å². The van der Waals surface area contributed by atoms with Crippen molar-refractivity contribution in [1.82, 2.24) is 0 Å². The van der Waals surface area contributed by atoms with E-state index in [1.54, 1.807) is 31.3 Å². The molecular weight excluding hydrogens is 280 g/mol. The van der Waals surface area contributed by atoms with E-state index >= 15 is 0 Å². The van der Waals surface area contributed by atoms with E-state index in [2.05, 4.69) is 17.0 Å². The zero-order chi connectivity index (χ0) is 16.1. The average Bonchev–Trinajstić information content (AvgIpc) is 2.52. The third kappa shape index (κ3) is 3.62. The normalized spacial score (nSPS) is 10.1. The molecule has 0 aliphatic heterocycles. The SMILES string of the molecule is C=Nc1cc(NCc2ccc(C(=O)O)cc2)ccc1N(C)N. The molecule has 0 saturated carbocycles. The highest BCUT2D eigenvalue weighted by atomic mass is 16.4. The van der Waals surface area contributed by atoms with E-state index < -0.39 is 5.97 Å². The minimum Gasteiger partial charge on any atom is -0.478 e. The first-order chi connectivity index (χ1) is 10.5. The van der Waals surface area contributed by atoms with Gasteiger partial charge in [0.25, 0.3) is 0 Å². The van der Waals surface area contributed by atoms with E-state index in [1.807, 2.05) is 18.2 Å². The van der Waals surface area contributed by atoms with Crippen LogP contribution >= 0.6 is 0 Å². The second kappa shape index (κ2) is 6.73. The zero-order valence-electron chi connectivity index (χ0n) is 12.3. The summed E-state index contributed by atoms with van der Waals surface area (Å²) in [5.41, 5.74) is 3.62. The van der Waals surface area contributed by atoms with Crippen LogP contribution in [0.1, 0.15) is 15.9 Å². The Balaban J connectivity index is 2.08. The highest BCUT2D eigenvalue weighted by Gasteiger charge is 2.05. The molecule has 0 bridgehead atoms. The molecule has 2 aromatic carbocycles. The molecule has 0 fully saturated rings. The van der Waals surface area contributed by atoms with Gasteiger partial charge in [-0.2, -0.15) is 0 Å². The number of aliphatic imine (C=N–C) groups is 1. The number of carboxylic acid groups (broad SMARTS) is 1. The second-order valence-electron chi connectivity index (χ2n) is 4.83. The molecule has 0 unspecified atom stereocenters. The summed E-state index contributed by atoms with van der Waals surface area (Å²) in [6.07, 6.45) is 0. The summed E-state index contributed by atoms with van der Waals surface area (Å²) in [5.74, 6) is 4.79. The monoisotopic (exact) mass is 298 g/mol. The molecule has 4 N–H and O–H groups in total. The molecule has 0 amide bonds. The fourth-order valence-corrected chi connectivity index (χ4v) is 2.03. The summed E-state index contributed by atoms with van der Waals surface area (Å²) in [6, 6.07) is 12.4. The maximum atomic E-state index is 10.8. The lowest BCUT2D eigenvalue weighted by Crippen LogP contribution is -2.25. The van der Waals surface area contributed by atoms with E-state index in [9.17, 15) is 4.79 Å². The number of anilines is 2. The minimum absolute atomic E-state index is 0.275. The summed E-state index contributed by atoms with van der Waals surface area (Å²) < 4.78 is 0. The largest absolute Gasteiger partial charge is 0.478 e. The molecule has 0 aliphatic rings. The first-order valence-electron chi connectivity index (χ1n) is 6.66. The lowest BCUT2D eigenvalue weighted by atomic mass is 10.1. The molecule has 2 rings (SSSR count). The zero-order valence-corrected chi connectivity index (χ0v) is 12.3. The fourth-order valence-electron chi connectivity index (χ4n) is 2.03. The summed E-state index contributed by atoms with van der Waals surface area (Å²) >= 11 is 0. The van der Waals surface area contributed by atoms with Crippen LogP contribution in [0.5, 0.6) is 0 Å². The Morgan fingerprint density at radius 2 is 2.00 bits per heavy atom. The summed E-state index contributed by atoms with van der Waals surface area (Å²) in [4.78, 5) is 14.8. The van der Waals surface area contributed by atoms with Crippen LogP contribution in [0.4, 0.5) is 17.1 Å². The molecule has 0 aliphatic carbocycles. The number of benzene rings is 2. The third-order valence-electron chi connectivity index (χ3n) is 3.22. The van der Waals surface area contributed by atoms with Gasteiger partial charge in [-0.1, -0.05) is 12.1 Å². The number of carboxylic acids is 1. The molecule has 114 valence electrons. The first-order valence-corrected chi connectivity index (χ1v) is 6.66. The van der Waals surface area contributed by atoms with Gasteiger partial charge in [0.1, 0.15) is 0 Å². The van der Waals surface area contributed by atoms with Gasteiger partial charge in [0.15, 0.2) is 0 Å². The van der Waals surface area contributed by atoms with Crippen molar-refractivity contribution in [3.63, 3.8) is 0 Å². The van der Waals surface area contributed by atoms with Crippen LogP contribution in [0.3, 0.4) is 0 Å². The predicted molar refractivity (Wildman–Crippen MR) is 89.0 cm³/mol. The Labute approximate surface area is 128 Å². The smallest absolute Gasteiger partial charge is 0.335 e. The molecule has 0 aromatic heterocycles. The Morgan fingerprint density at radius 3 is 2.55 bits per heavy atom. The van der Waals surface area contributed by atoms with E-state index in [0.717, 1.165) is 16.9 Å². The van der Waals surface area contributed by atoms with Gasteiger partial charge >= 0.3 is 5.97 Å². The molecule has 6 nitrogen and oxygen atoms in total. The van der Waals surface area contributed by atoms with Crippen molar-refractivity contribution in [2.24, 2.45) is 10.8 Å². The molecule has 22 heavy (non-hydrogen) atoms. The Kier molecular flexibility index (Phi) is 4.75. The summed E-state index contributed by atoms with van der Waals surface area (Å²) in [6.45, 7) is 4.12. The van der Waals surface area contributed by atoms with Gasteiger partial charge < -0.3 is 15.4 Å². The number of nitrogens with zero attached hydrogens (tertiary/aromatic N) is 2. The van der Waals surface area contributed by atoms with Crippen LogP contribution in [0, 0.1) is 0 Å². The Bertz CT molecular complexity index is 681. The Morgan fingerprint density at radius 1 is 1.32 bits per heavy atom. The van der Waals surface area contributed by atoms with Crippen LogP contribution in [0.2, 0.25) is 0 Å². The number of hydrogen-bond donors (Lipinski definition) is 3. The summed E-state index contributed by atoms with van der Waals surface area (Å²) in [7, 11) is 1.74. The fraction of sp³-hybridized carbons (Fsp3) is 0.125. The molecular formula is C16H18N4O2. The van der Waals surface area contributed by atoms with Crippen molar-refractivity contribution >= 4 is 29.7 Å². The van der Waals surface area contributed by atoms with Gasteiger partial charge in [-0.25, -0.2) is 10.6 Å². The van der Waals surface area contributed by atoms with Gasteiger partial charge in [0.05, 0.1) is 16.9 Å². The van der Waals surface area contributed by atoms with Crippen molar-refractivity contribution in [3.8, 4) is 0 Å². The average molecular weight is 298 g/mol. The molecule has 0 spiro atoms. The molecule has 2 aromatic rings. The number of nitrogens with two attached hydrogens (primary N) is 1. The van der Waals surface area contributed by atoms with Crippen LogP contribution in [-0.4, -0.2) is 24.8 Å². The number of hydrogen-bond acceptors (Lipinski definition) is 5. The topological polar surface area (TPSA) is 90.9 Å². The lowest BCUT2D eigenvalue weighted by Gasteiger charge is -2.16. The third-order valence-corrected chi connectivity index (χ3v) is 3.22. The quantitative estimate of drug-likeness (QED) is 0.433. The lowest BCUT2D eigenvalue weighted by molar-refractivity contribution is 0.0697. The highest BCUT2D eigenvalue weighted by Crippen LogP contribution is 2.29. The van der Waals surface area contributed by atoms with Crippen molar-refractivity contribution in [2.75, 3.05) is 17.4 Å². The highest BCUT2D eigenvalue weighted by molar-refractivity contribution is 5.87. The van der Waals surface area contributed by atoms with Gasteiger partial charge in [-0.15, -0.1) is 0 Å². The minimum atomic E-state index is -0.928. The van der Waals surface area contributed by atoms with Crippen LogP contribution in [0.15, 0.2) is 47.5 Å². The Hall–Kier alpha value is -2.86. The molecule has 0 atom stereocenters. The van der Waals surface area contributed by atoms with Gasteiger partial charge in [0.2, 0.25) is 0 Å². The van der Waals surface area contributed by atoms with Gasteiger partial charge in [-0.3, -0.25) is 4.99 Å². The second-order valence-corrected chi connectivity index (χ2v) is 4.83. The van der Waals surface area contributed by atoms with E-state index in [1.165, 1.54) is 5.01 Å². The van der Waals surface area contributed by atoms with Crippen molar-refractivity contribution in [2.45, 2.75) is 6.54 Å². The molecule has 0 radical (unpaired) electrons. The number of carbonyl (C=O) groups is 1. The van der Waals surface area contributed by atoms with Gasteiger partial charge in [0, 0.05) is 19.3 Å². The van der Waals surface area contributed by atoms with E-state index in [-0.39, 0.29) is 5.56 Å². The van der Waals surface area contributed by atoms with Crippen molar-refractivity contribution < 1.29 is 9.90 Å². The van der Waals surface area contributed by atoms with Gasteiger partial charge in [-0.05, 0) is 42.6 Å². The van der Waals surface area contributed by atoms with E-state index in [4.69, 9.17) is 10.9 Å². The van der Waals surface area contributed by atoms with Crippen LogP contribution in [0.25, 0.3) is 0 Å². The standard InChI is InChI=1S/C16H18N4O2/c1-18-14-9-13(7-8-15(14)20(2)17)19-10-11-3-5-12(6-4-11)16(21)22/h3-9,19H,1,10,17H2,2H3,(H,21,22). The number of rotatable bonds is 6. The number of aromatic carboxylic acids is 1. The van der Waals surface area contributed by atoms with Crippen LogP contribution < -0.4 is 16.2 Å². The molecule has 0 heterocycles. The number of nitrogens with one attached hydrogen (secondary N) is 1. The van der Waals surface area contributed by atoms with Crippen LogP contribution in [-0.2, 0) is 6.54 Å². The first kappa shape index (κ1) is 15.5. The van der Waals surface area contributed by atoms with E-state index in [0.29, 0.717) is 12.2 Å². The maximum absolute atomic E-state index is 10.8. The molecule has 0 saturated heterocycles. The van der Waals surface area contributed by atoms with Crippen molar-refractivity contribution in [1.29, 1.82) is 0 Å². The molecule has 6 heteroatoms. The number of hydrazine groups is 1. The maximum Gasteiger partial charge on any atom is 0.335 e.